The van der Waals surface area contributed by atoms with Crippen LogP contribution in [0.3, 0.4) is 0 Å². The van der Waals surface area contributed by atoms with Gasteiger partial charge in [-0.3, -0.25) is 4.79 Å². The van der Waals surface area contributed by atoms with Crippen LogP contribution in [0.25, 0.3) is 0 Å². The van der Waals surface area contributed by atoms with Crippen molar-refractivity contribution in [3.63, 3.8) is 0 Å². The maximum Gasteiger partial charge on any atom is 0.223 e. The second kappa shape index (κ2) is 5.69. The number of nitrogens with one attached hydrogen (secondary N) is 1. The number of sulfone groups is 1. The third-order valence-corrected chi connectivity index (χ3v) is 9.87. The van der Waals surface area contributed by atoms with Gasteiger partial charge in [0.25, 0.3) is 0 Å². The predicted molar refractivity (Wildman–Crippen MR) is 95.3 cm³/mol. The number of fused-ring (bicyclic) bond motifs is 2. The van der Waals surface area contributed by atoms with E-state index in [4.69, 9.17) is 5.73 Å². The number of nitrogens with two attached hydrogens (primary N) is 1. The lowest BCUT2D eigenvalue weighted by Gasteiger charge is -2.54. The Morgan fingerprint density at radius 3 is 1.84 bits per heavy atom. The van der Waals surface area contributed by atoms with Crippen molar-refractivity contribution >= 4 is 15.7 Å². The molecule has 6 bridgehead atoms. The molecule has 25 heavy (non-hydrogen) atoms. The molecule has 5 aliphatic carbocycles. The third kappa shape index (κ3) is 2.84. The van der Waals surface area contributed by atoms with Gasteiger partial charge >= 0.3 is 0 Å². The van der Waals surface area contributed by atoms with Crippen LogP contribution in [0.4, 0.5) is 0 Å². The van der Waals surface area contributed by atoms with E-state index in [1.165, 1.54) is 32.1 Å². The summed E-state index contributed by atoms with van der Waals surface area (Å²) in [6.07, 6.45) is 7.79. The Labute approximate surface area is 150 Å². The molecule has 140 valence electrons. The number of rotatable bonds is 2. The summed E-state index contributed by atoms with van der Waals surface area (Å²) >= 11 is 0. The van der Waals surface area contributed by atoms with Gasteiger partial charge in [-0.25, -0.2) is 8.42 Å². The largest absolute Gasteiger partial charge is 0.352 e. The molecule has 1 amide bonds. The Bertz CT molecular complexity index is 626. The number of amides is 1. The fraction of sp³-hybridized carbons (Fsp3) is 0.947. The highest BCUT2D eigenvalue weighted by Gasteiger charge is 2.52. The van der Waals surface area contributed by atoms with E-state index in [0.29, 0.717) is 11.8 Å². The Kier molecular flexibility index (Phi) is 3.76. The minimum atomic E-state index is -2.98. The van der Waals surface area contributed by atoms with E-state index < -0.39 is 9.84 Å². The summed E-state index contributed by atoms with van der Waals surface area (Å²) in [6.45, 7) is 0. The molecule has 0 aromatic rings. The third-order valence-electron chi connectivity index (χ3n) is 8.00. The first-order chi connectivity index (χ1) is 11.9. The van der Waals surface area contributed by atoms with E-state index in [-0.39, 0.29) is 47.3 Å². The second-order valence-electron chi connectivity index (χ2n) is 9.82. The normalized spacial score (nSPS) is 52.8. The van der Waals surface area contributed by atoms with Gasteiger partial charge in [-0.05, 0) is 80.5 Å². The van der Waals surface area contributed by atoms with Gasteiger partial charge in [-0.15, -0.1) is 0 Å². The molecule has 2 unspecified atom stereocenters. The topological polar surface area (TPSA) is 89.3 Å². The molecule has 6 fully saturated rings. The predicted octanol–water partition coefficient (Wildman–Crippen LogP) is 1.33. The number of carbonyl (C=O) groups is 1. The van der Waals surface area contributed by atoms with Crippen LogP contribution in [0.1, 0.15) is 44.9 Å². The highest BCUT2D eigenvalue weighted by Crippen LogP contribution is 2.56. The van der Waals surface area contributed by atoms with Crippen molar-refractivity contribution in [3.05, 3.63) is 0 Å². The van der Waals surface area contributed by atoms with Crippen LogP contribution in [-0.2, 0) is 14.6 Å². The molecule has 6 rings (SSSR count). The molecule has 3 N–H and O–H groups in total. The van der Waals surface area contributed by atoms with Crippen LogP contribution >= 0.6 is 0 Å². The van der Waals surface area contributed by atoms with Gasteiger partial charge in [0.1, 0.15) is 0 Å². The Balaban J connectivity index is 1.33. The molecule has 6 heteroatoms. The second-order valence-corrected chi connectivity index (χ2v) is 12.0. The lowest BCUT2D eigenvalue weighted by atomic mass is 9.51. The lowest BCUT2D eigenvalue weighted by Crippen LogP contribution is -2.61. The molecular formula is C19H30N2O3S. The summed E-state index contributed by atoms with van der Waals surface area (Å²) in [5, 5.41) is 3.35. The van der Waals surface area contributed by atoms with Gasteiger partial charge in [0, 0.05) is 18.0 Å². The number of carbonyl (C=O) groups excluding carboxylic acids is 1. The van der Waals surface area contributed by atoms with Crippen LogP contribution in [0.2, 0.25) is 0 Å². The maximum atomic E-state index is 13.2. The summed E-state index contributed by atoms with van der Waals surface area (Å²) in [7, 11) is -2.98. The van der Waals surface area contributed by atoms with E-state index >= 15 is 0 Å². The summed E-state index contributed by atoms with van der Waals surface area (Å²) < 4.78 is 24.3. The van der Waals surface area contributed by atoms with Gasteiger partial charge in [0.15, 0.2) is 9.84 Å². The molecule has 1 heterocycles. The van der Waals surface area contributed by atoms with Gasteiger partial charge in [0.05, 0.1) is 11.5 Å². The van der Waals surface area contributed by atoms with Crippen molar-refractivity contribution in [2.75, 3.05) is 11.5 Å². The van der Waals surface area contributed by atoms with Gasteiger partial charge in [-0.2, -0.15) is 0 Å². The highest BCUT2D eigenvalue weighted by molar-refractivity contribution is 7.91. The van der Waals surface area contributed by atoms with Crippen molar-refractivity contribution in [2.24, 2.45) is 47.2 Å². The number of hydrogen-bond acceptors (Lipinski definition) is 4. The zero-order chi connectivity index (χ0) is 17.3. The molecular weight excluding hydrogens is 336 g/mol. The fourth-order valence-electron chi connectivity index (χ4n) is 7.47. The van der Waals surface area contributed by atoms with Gasteiger partial charge in [-0.1, -0.05) is 0 Å². The minimum absolute atomic E-state index is 0.00767. The quantitative estimate of drug-likeness (QED) is 0.771. The van der Waals surface area contributed by atoms with E-state index in [1.807, 2.05) is 0 Å². The fourth-order valence-corrected chi connectivity index (χ4v) is 9.59. The van der Waals surface area contributed by atoms with Crippen LogP contribution in [0, 0.1) is 41.4 Å². The molecule has 5 nitrogen and oxygen atoms in total. The zero-order valence-corrected chi connectivity index (χ0v) is 15.6. The Morgan fingerprint density at radius 2 is 1.32 bits per heavy atom. The monoisotopic (exact) mass is 366 g/mol. The highest BCUT2D eigenvalue weighted by atomic mass is 32.2. The summed E-state index contributed by atoms with van der Waals surface area (Å²) in [6, 6.07) is 0.104. The summed E-state index contributed by atoms with van der Waals surface area (Å²) in [5.74, 6) is 3.70. The van der Waals surface area contributed by atoms with Gasteiger partial charge < -0.3 is 11.1 Å². The lowest BCUT2D eigenvalue weighted by molar-refractivity contribution is -0.140. The van der Waals surface area contributed by atoms with Crippen LogP contribution in [0.15, 0.2) is 0 Å². The average Bonchev–Trinajstić information content (AvgIpc) is 2.47. The minimum Gasteiger partial charge on any atom is -0.352 e. The molecule has 0 aromatic carbocycles. The van der Waals surface area contributed by atoms with Crippen LogP contribution < -0.4 is 11.1 Å². The van der Waals surface area contributed by atoms with Crippen LogP contribution in [0.5, 0.6) is 0 Å². The number of hydrogen-bond donors (Lipinski definition) is 2. The smallest absolute Gasteiger partial charge is 0.223 e. The van der Waals surface area contributed by atoms with Crippen LogP contribution in [-0.4, -0.2) is 37.9 Å². The first kappa shape index (κ1) is 16.5. The molecule has 2 atom stereocenters. The first-order valence-electron chi connectivity index (χ1n) is 10.1. The van der Waals surface area contributed by atoms with Crippen molar-refractivity contribution in [3.8, 4) is 0 Å². The van der Waals surface area contributed by atoms with Crippen molar-refractivity contribution in [2.45, 2.75) is 57.0 Å². The van der Waals surface area contributed by atoms with E-state index in [1.54, 1.807) is 0 Å². The van der Waals surface area contributed by atoms with Crippen molar-refractivity contribution in [1.29, 1.82) is 0 Å². The van der Waals surface area contributed by atoms with E-state index in [9.17, 15) is 13.2 Å². The summed E-state index contributed by atoms with van der Waals surface area (Å²) in [4.78, 5) is 13.2. The molecule has 0 radical (unpaired) electrons. The molecule has 0 aromatic heterocycles. The molecule has 6 aliphatic rings. The SMILES string of the molecule is NC1CC2CS(=O)(=O)CC(C1)C2NC(=O)C1C2CC3CC(C2)CC1C3. The van der Waals surface area contributed by atoms with Crippen molar-refractivity contribution < 1.29 is 13.2 Å². The molecule has 0 spiro atoms. The van der Waals surface area contributed by atoms with E-state index in [2.05, 4.69) is 5.32 Å². The Morgan fingerprint density at radius 1 is 0.800 bits per heavy atom. The zero-order valence-electron chi connectivity index (χ0n) is 14.8. The average molecular weight is 367 g/mol. The molecule has 1 saturated heterocycles. The van der Waals surface area contributed by atoms with Crippen molar-refractivity contribution in [1.82, 2.24) is 5.32 Å². The maximum absolute atomic E-state index is 13.2. The summed E-state index contributed by atoms with van der Waals surface area (Å²) in [5.41, 5.74) is 6.14. The first-order valence-corrected chi connectivity index (χ1v) is 12.0. The van der Waals surface area contributed by atoms with E-state index in [0.717, 1.165) is 24.7 Å². The molecule has 1 aliphatic heterocycles. The molecule has 5 saturated carbocycles. The Hall–Kier alpha value is -0.620. The van der Waals surface area contributed by atoms with Gasteiger partial charge in [0.2, 0.25) is 5.91 Å². The standard InChI is InChI=1S/C19H30N2O3S/c20-16-6-14-8-25(23,24)9-15(7-16)18(14)21-19(22)17-12-2-10-1-11(4-12)5-13(17)3-10/h10-18H,1-9,20H2,(H,21,22).